The maximum Gasteiger partial charge on any atom is 0.249 e. The predicted octanol–water partition coefficient (Wildman–Crippen LogP) is 3.76. The topological polar surface area (TPSA) is 92.9 Å². The quantitative estimate of drug-likeness (QED) is 0.449. The number of thiophene rings is 1. The Hall–Kier alpha value is -3.29. The number of amides is 1. The number of benzene rings is 2. The van der Waals surface area contributed by atoms with Crippen LogP contribution in [0.15, 0.2) is 53.9 Å². The molecule has 6 nitrogen and oxygen atoms in total. The van der Waals surface area contributed by atoms with Crippen LogP contribution in [0, 0.1) is 0 Å². The highest BCUT2D eigenvalue weighted by molar-refractivity contribution is 7.15. The number of rotatable bonds is 5. The van der Waals surface area contributed by atoms with Crippen molar-refractivity contribution < 1.29 is 4.79 Å². The summed E-state index contributed by atoms with van der Waals surface area (Å²) in [5, 5.41) is 10.8. The Morgan fingerprint density at radius 1 is 1.03 bits per heavy atom. The van der Waals surface area contributed by atoms with E-state index in [0.29, 0.717) is 17.9 Å². The molecule has 7 heteroatoms. The number of hydrogen-bond acceptors (Lipinski definition) is 6. The minimum atomic E-state index is -0.422. The summed E-state index contributed by atoms with van der Waals surface area (Å²) in [6.07, 6.45) is 1.75. The average Bonchev–Trinajstić information content (AvgIpc) is 3.08. The molecule has 4 N–H and O–H groups in total. The number of nitrogens with zero attached hydrogens (tertiary/aromatic N) is 2. The summed E-state index contributed by atoms with van der Waals surface area (Å²) < 4.78 is 0. The van der Waals surface area contributed by atoms with Crippen LogP contribution in [0.4, 0.5) is 5.82 Å². The van der Waals surface area contributed by atoms with E-state index in [9.17, 15) is 4.79 Å². The van der Waals surface area contributed by atoms with E-state index in [-0.39, 0.29) is 0 Å². The van der Waals surface area contributed by atoms with Gasteiger partial charge >= 0.3 is 0 Å². The SMILES string of the molecule is NC(=O)c1cccc2c(-c3nc4c(c(NCc5ccccc5)n3)CCNCC4)scc12. The van der Waals surface area contributed by atoms with Crippen molar-refractivity contribution in [1.82, 2.24) is 15.3 Å². The maximum absolute atomic E-state index is 11.8. The molecule has 1 amide bonds. The van der Waals surface area contributed by atoms with Crippen LogP contribution in [0.5, 0.6) is 0 Å². The van der Waals surface area contributed by atoms with Gasteiger partial charge in [0.25, 0.3) is 0 Å². The van der Waals surface area contributed by atoms with Crippen LogP contribution in [-0.2, 0) is 19.4 Å². The number of nitrogens with one attached hydrogen (secondary N) is 2. The summed E-state index contributed by atoms with van der Waals surface area (Å²) in [7, 11) is 0. The molecule has 2 aromatic heterocycles. The van der Waals surface area contributed by atoms with Gasteiger partial charge in [-0.05, 0) is 24.6 Å². The lowest BCUT2D eigenvalue weighted by Gasteiger charge is -2.15. The number of primary amides is 1. The zero-order valence-electron chi connectivity index (χ0n) is 17.0. The van der Waals surface area contributed by atoms with Crippen LogP contribution in [0.1, 0.15) is 27.2 Å². The molecule has 0 spiro atoms. The lowest BCUT2D eigenvalue weighted by molar-refractivity contribution is 0.100. The molecule has 31 heavy (non-hydrogen) atoms. The van der Waals surface area contributed by atoms with Crippen LogP contribution in [-0.4, -0.2) is 29.0 Å². The fourth-order valence-corrected chi connectivity index (χ4v) is 5.03. The molecule has 0 aliphatic carbocycles. The van der Waals surface area contributed by atoms with E-state index in [2.05, 4.69) is 22.8 Å². The fourth-order valence-electron chi connectivity index (χ4n) is 4.03. The van der Waals surface area contributed by atoms with Gasteiger partial charge in [0.05, 0.1) is 10.6 Å². The van der Waals surface area contributed by atoms with Gasteiger partial charge in [0, 0.05) is 46.8 Å². The van der Waals surface area contributed by atoms with E-state index in [1.807, 2.05) is 35.7 Å². The summed E-state index contributed by atoms with van der Waals surface area (Å²) in [6.45, 7) is 2.52. The van der Waals surface area contributed by atoms with E-state index in [0.717, 1.165) is 53.1 Å². The van der Waals surface area contributed by atoms with Gasteiger partial charge in [-0.25, -0.2) is 9.97 Å². The standard InChI is InChI=1S/C24H23N5OS/c25-22(30)17-8-4-7-16-19(17)14-31-21(16)24-28-20-10-12-26-11-9-18(20)23(29-24)27-13-15-5-2-1-3-6-15/h1-8,14,26H,9-13H2,(H2,25,30)(H,27,28,29). The molecule has 1 aliphatic heterocycles. The molecule has 0 saturated heterocycles. The van der Waals surface area contributed by atoms with Gasteiger partial charge in [-0.15, -0.1) is 11.3 Å². The normalized spacial score (nSPS) is 13.5. The second-order valence-corrected chi connectivity index (χ2v) is 8.49. The van der Waals surface area contributed by atoms with Crippen molar-refractivity contribution in [2.75, 3.05) is 18.4 Å². The second-order valence-electron chi connectivity index (χ2n) is 7.61. The summed E-state index contributed by atoms with van der Waals surface area (Å²) in [5.74, 6) is 1.16. The third-order valence-corrected chi connectivity index (χ3v) is 6.59. The van der Waals surface area contributed by atoms with Crippen LogP contribution >= 0.6 is 11.3 Å². The van der Waals surface area contributed by atoms with Crippen molar-refractivity contribution in [3.63, 3.8) is 0 Å². The minimum Gasteiger partial charge on any atom is -0.366 e. The Kier molecular flexibility index (Phi) is 5.36. The zero-order valence-corrected chi connectivity index (χ0v) is 17.8. The van der Waals surface area contributed by atoms with Crippen molar-refractivity contribution in [3.05, 3.63) is 76.3 Å². The van der Waals surface area contributed by atoms with Crippen molar-refractivity contribution >= 4 is 33.8 Å². The highest BCUT2D eigenvalue weighted by Crippen LogP contribution is 2.36. The smallest absolute Gasteiger partial charge is 0.249 e. The lowest BCUT2D eigenvalue weighted by atomic mass is 10.1. The van der Waals surface area contributed by atoms with E-state index in [1.54, 1.807) is 17.4 Å². The number of anilines is 1. The molecule has 0 atom stereocenters. The molecule has 3 heterocycles. The predicted molar refractivity (Wildman–Crippen MR) is 125 cm³/mol. The van der Waals surface area contributed by atoms with Crippen molar-refractivity contribution in [3.8, 4) is 10.7 Å². The highest BCUT2D eigenvalue weighted by atomic mass is 32.1. The third-order valence-electron chi connectivity index (χ3n) is 5.60. The molecule has 0 fully saturated rings. The van der Waals surface area contributed by atoms with Crippen molar-refractivity contribution in [2.45, 2.75) is 19.4 Å². The Balaban J connectivity index is 1.59. The van der Waals surface area contributed by atoms with E-state index >= 15 is 0 Å². The van der Waals surface area contributed by atoms with Crippen LogP contribution < -0.4 is 16.4 Å². The molecule has 0 radical (unpaired) electrons. The van der Waals surface area contributed by atoms with Crippen LogP contribution in [0.25, 0.3) is 21.5 Å². The molecule has 4 aromatic rings. The van der Waals surface area contributed by atoms with Gasteiger partial charge in [0.2, 0.25) is 5.91 Å². The molecule has 0 unspecified atom stereocenters. The summed E-state index contributed by atoms with van der Waals surface area (Å²) >= 11 is 1.55. The van der Waals surface area contributed by atoms with Crippen molar-refractivity contribution in [1.29, 1.82) is 0 Å². The van der Waals surface area contributed by atoms with Gasteiger partial charge in [0.15, 0.2) is 5.82 Å². The number of carbonyl (C=O) groups excluding carboxylic acids is 1. The lowest BCUT2D eigenvalue weighted by Crippen LogP contribution is -2.16. The molecule has 156 valence electrons. The molecular formula is C24H23N5OS. The van der Waals surface area contributed by atoms with Gasteiger partial charge < -0.3 is 16.4 Å². The number of hydrogen-bond donors (Lipinski definition) is 3. The summed E-state index contributed by atoms with van der Waals surface area (Å²) in [5.41, 5.74) is 9.57. The zero-order chi connectivity index (χ0) is 21.2. The van der Waals surface area contributed by atoms with E-state index in [1.165, 1.54) is 11.1 Å². The van der Waals surface area contributed by atoms with E-state index < -0.39 is 5.91 Å². The molecule has 1 aliphatic rings. The van der Waals surface area contributed by atoms with Crippen LogP contribution in [0.2, 0.25) is 0 Å². The van der Waals surface area contributed by atoms with Gasteiger partial charge in [-0.2, -0.15) is 0 Å². The molecule has 2 aromatic carbocycles. The highest BCUT2D eigenvalue weighted by Gasteiger charge is 2.20. The first-order valence-electron chi connectivity index (χ1n) is 10.4. The maximum atomic E-state index is 11.8. The van der Waals surface area contributed by atoms with Gasteiger partial charge in [-0.1, -0.05) is 42.5 Å². The first-order chi connectivity index (χ1) is 15.2. The van der Waals surface area contributed by atoms with Gasteiger partial charge in [-0.3, -0.25) is 4.79 Å². The first-order valence-corrected chi connectivity index (χ1v) is 11.3. The number of aromatic nitrogens is 2. The Morgan fingerprint density at radius 3 is 2.71 bits per heavy atom. The molecule has 0 saturated carbocycles. The molecule has 5 rings (SSSR count). The average molecular weight is 430 g/mol. The summed E-state index contributed by atoms with van der Waals surface area (Å²) in [4.78, 5) is 22.7. The number of fused-ring (bicyclic) bond motifs is 2. The minimum absolute atomic E-state index is 0.422. The van der Waals surface area contributed by atoms with Gasteiger partial charge in [0.1, 0.15) is 5.82 Å². The summed E-state index contributed by atoms with van der Waals surface area (Å²) in [6, 6.07) is 15.9. The number of carbonyl (C=O) groups is 1. The third kappa shape index (κ3) is 3.89. The van der Waals surface area contributed by atoms with Crippen LogP contribution in [0.3, 0.4) is 0 Å². The van der Waals surface area contributed by atoms with Crippen molar-refractivity contribution in [2.24, 2.45) is 5.73 Å². The Bertz CT molecular complexity index is 1250. The Morgan fingerprint density at radius 2 is 1.87 bits per heavy atom. The fraction of sp³-hybridized carbons (Fsp3) is 0.208. The first kappa shape index (κ1) is 19.7. The van der Waals surface area contributed by atoms with E-state index in [4.69, 9.17) is 15.7 Å². The monoisotopic (exact) mass is 429 g/mol. The Labute approximate surface area is 184 Å². The molecule has 0 bridgehead atoms. The second kappa shape index (κ2) is 8.45. The largest absolute Gasteiger partial charge is 0.366 e. The molecular weight excluding hydrogens is 406 g/mol. The number of nitrogens with two attached hydrogens (primary N) is 1.